The molecule has 1 N–H and O–H groups in total. The zero-order valence-electron chi connectivity index (χ0n) is 11.2. The molecule has 0 aliphatic carbocycles. The molecule has 5 heteroatoms. The first-order chi connectivity index (χ1) is 9.79. The van der Waals surface area contributed by atoms with Gasteiger partial charge in [-0.25, -0.2) is 4.98 Å². The second-order valence-corrected chi connectivity index (χ2v) is 5.90. The summed E-state index contributed by atoms with van der Waals surface area (Å²) in [5.41, 5.74) is 2.35. The number of hydrogen-bond acceptors (Lipinski definition) is 4. The first-order valence-corrected chi connectivity index (χ1v) is 7.64. The molecule has 1 aliphatic heterocycles. The van der Waals surface area contributed by atoms with Crippen LogP contribution in [0.25, 0.3) is 0 Å². The number of benzene rings is 1. The monoisotopic (exact) mass is 287 g/mol. The Labute approximate surface area is 122 Å². The molecule has 0 saturated carbocycles. The van der Waals surface area contributed by atoms with Crippen LogP contribution in [-0.2, 0) is 17.8 Å². The van der Waals surface area contributed by atoms with Crippen molar-refractivity contribution in [3.05, 3.63) is 52.0 Å². The number of rotatable bonds is 4. The molecule has 2 heterocycles. The number of carbonyl (C=O) groups is 1. The zero-order chi connectivity index (χ0) is 13.8. The number of piperazine rings is 1. The second-order valence-electron chi connectivity index (χ2n) is 4.96. The van der Waals surface area contributed by atoms with Crippen LogP contribution in [0.2, 0.25) is 0 Å². The lowest BCUT2D eigenvalue weighted by molar-refractivity contribution is -0.124. The van der Waals surface area contributed by atoms with E-state index < -0.39 is 0 Å². The van der Waals surface area contributed by atoms with E-state index in [0.29, 0.717) is 6.54 Å². The second kappa shape index (κ2) is 6.15. The number of nitrogens with zero attached hydrogens (tertiary/aromatic N) is 2. The molecule has 0 bridgehead atoms. The molecule has 2 aromatic rings. The van der Waals surface area contributed by atoms with Gasteiger partial charge in [-0.2, -0.15) is 0 Å². The number of amides is 1. The lowest BCUT2D eigenvalue weighted by atomic mass is 10.2. The van der Waals surface area contributed by atoms with Gasteiger partial charge in [-0.1, -0.05) is 30.3 Å². The van der Waals surface area contributed by atoms with Gasteiger partial charge in [-0.15, -0.1) is 11.3 Å². The Morgan fingerprint density at radius 3 is 2.95 bits per heavy atom. The van der Waals surface area contributed by atoms with Crippen LogP contribution in [0.1, 0.15) is 16.3 Å². The van der Waals surface area contributed by atoms with E-state index in [1.807, 2.05) is 6.07 Å². The van der Waals surface area contributed by atoms with Gasteiger partial charge in [0.2, 0.25) is 5.91 Å². The fourth-order valence-corrected chi connectivity index (χ4v) is 3.15. The minimum Gasteiger partial charge on any atom is -0.354 e. The van der Waals surface area contributed by atoms with Crippen LogP contribution in [0, 0.1) is 0 Å². The number of nitrogens with one attached hydrogen (secondary N) is 1. The van der Waals surface area contributed by atoms with Crippen LogP contribution in [0.3, 0.4) is 0 Å². The summed E-state index contributed by atoms with van der Waals surface area (Å²) >= 11 is 1.70. The van der Waals surface area contributed by atoms with Crippen LogP contribution in [0.4, 0.5) is 0 Å². The maximum Gasteiger partial charge on any atom is 0.234 e. The Morgan fingerprint density at radius 1 is 1.30 bits per heavy atom. The summed E-state index contributed by atoms with van der Waals surface area (Å²) in [5, 5.41) is 6.07. The molecular formula is C15H17N3OS. The van der Waals surface area contributed by atoms with Crippen LogP contribution < -0.4 is 5.32 Å². The third-order valence-electron chi connectivity index (χ3n) is 3.30. The van der Waals surface area contributed by atoms with E-state index in [-0.39, 0.29) is 5.91 Å². The zero-order valence-corrected chi connectivity index (χ0v) is 12.0. The molecule has 1 fully saturated rings. The van der Waals surface area contributed by atoms with Crippen LogP contribution in [0.5, 0.6) is 0 Å². The number of thiazole rings is 1. The molecule has 1 amide bonds. The molecule has 1 aromatic carbocycles. The highest BCUT2D eigenvalue weighted by atomic mass is 32.1. The van der Waals surface area contributed by atoms with E-state index in [4.69, 9.17) is 0 Å². The van der Waals surface area contributed by atoms with Crippen molar-refractivity contribution in [2.24, 2.45) is 0 Å². The maximum atomic E-state index is 11.3. The highest BCUT2D eigenvalue weighted by molar-refractivity contribution is 7.09. The molecule has 0 unspecified atom stereocenters. The molecule has 3 rings (SSSR count). The molecule has 0 atom stereocenters. The summed E-state index contributed by atoms with van der Waals surface area (Å²) < 4.78 is 0. The molecule has 1 aliphatic rings. The summed E-state index contributed by atoms with van der Waals surface area (Å²) in [6, 6.07) is 10.4. The smallest absolute Gasteiger partial charge is 0.234 e. The van der Waals surface area contributed by atoms with E-state index in [9.17, 15) is 4.79 Å². The van der Waals surface area contributed by atoms with Gasteiger partial charge in [-0.3, -0.25) is 9.69 Å². The minimum atomic E-state index is 0.107. The quantitative estimate of drug-likeness (QED) is 0.930. The van der Waals surface area contributed by atoms with E-state index in [1.165, 1.54) is 5.56 Å². The highest BCUT2D eigenvalue weighted by Crippen LogP contribution is 2.16. The van der Waals surface area contributed by atoms with Gasteiger partial charge >= 0.3 is 0 Å². The van der Waals surface area contributed by atoms with Crippen LogP contribution in [0.15, 0.2) is 35.7 Å². The Kier molecular flexibility index (Phi) is 4.08. The van der Waals surface area contributed by atoms with E-state index in [2.05, 4.69) is 44.8 Å². The largest absolute Gasteiger partial charge is 0.354 e. The first-order valence-electron chi connectivity index (χ1n) is 6.76. The van der Waals surface area contributed by atoms with Gasteiger partial charge < -0.3 is 5.32 Å². The molecule has 4 nitrogen and oxygen atoms in total. The van der Waals surface area contributed by atoms with Gasteiger partial charge in [0.1, 0.15) is 0 Å². The summed E-state index contributed by atoms with van der Waals surface area (Å²) in [5.74, 6) is 0.107. The predicted octanol–water partition coefficient (Wildman–Crippen LogP) is 1.67. The van der Waals surface area contributed by atoms with Crippen molar-refractivity contribution in [1.29, 1.82) is 0 Å². The number of carbonyl (C=O) groups excluding carboxylic acids is 1. The standard InChI is InChI=1S/C15H17N3OS/c19-14-10-18(7-6-16-14)9-13-11-20-15(17-13)8-12-4-2-1-3-5-12/h1-5,11H,6-10H2,(H,16,19). The Hall–Kier alpha value is -1.72. The molecule has 0 radical (unpaired) electrons. The van der Waals surface area contributed by atoms with E-state index in [0.717, 1.165) is 36.8 Å². The lowest BCUT2D eigenvalue weighted by Crippen LogP contribution is -2.47. The minimum absolute atomic E-state index is 0.107. The number of aromatic nitrogens is 1. The van der Waals surface area contributed by atoms with Gasteiger partial charge in [0.05, 0.1) is 17.2 Å². The van der Waals surface area contributed by atoms with Crippen LogP contribution >= 0.6 is 11.3 Å². The third kappa shape index (κ3) is 3.43. The highest BCUT2D eigenvalue weighted by Gasteiger charge is 2.17. The third-order valence-corrected chi connectivity index (χ3v) is 4.20. The first kappa shape index (κ1) is 13.3. The molecule has 1 aromatic heterocycles. The lowest BCUT2D eigenvalue weighted by Gasteiger charge is -2.25. The summed E-state index contributed by atoms with van der Waals surface area (Å²) in [6.45, 7) is 2.88. The van der Waals surface area contributed by atoms with Crippen LogP contribution in [-0.4, -0.2) is 35.4 Å². The molecule has 0 spiro atoms. The Morgan fingerprint density at radius 2 is 2.15 bits per heavy atom. The topological polar surface area (TPSA) is 45.2 Å². The molecular weight excluding hydrogens is 270 g/mol. The molecule has 104 valence electrons. The van der Waals surface area contributed by atoms with E-state index in [1.54, 1.807) is 11.3 Å². The van der Waals surface area contributed by atoms with Crippen molar-refractivity contribution in [2.75, 3.05) is 19.6 Å². The summed E-state index contributed by atoms with van der Waals surface area (Å²) in [7, 11) is 0. The van der Waals surface area contributed by atoms with Gasteiger partial charge in [-0.05, 0) is 5.56 Å². The normalized spacial score (nSPS) is 16.1. The molecule has 20 heavy (non-hydrogen) atoms. The Bertz CT molecular complexity index is 582. The van der Waals surface area contributed by atoms with Crippen molar-refractivity contribution >= 4 is 17.2 Å². The predicted molar refractivity (Wildman–Crippen MR) is 79.6 cm³/mol. The average Bonchev–Trinajstić information content (AvgIpc) is 2.87. The Balaban J connectivity index is 1.60. The van der Waals surface area contributed by atoms with Crippen molar-refractivity contribution in [2.45, 2.75) is 13.0 Å². The maximum absolute atomic E-state index is 11.3. The number of hydrogen-bond donors (Lipinski definition) is 1. The van der Waals surface area contributed by atoms with Crippen molar-refractivity contribution in [3.63, 3.8) is 0 Å². The SMILES string of the molecule is O=C1CN(Cc2csc(Cc3ccccc3)n2)CCN1. The van der Waals surface area contributed by atoms with Gasteiger partial charge in [0, 0.05) is 31.4 Å². The fraction of sp³-hybridized carbons (Fsp3) is 0.333. The van der Waals surface area contributed by atoms with Gasteiger partial charge in [0.25, 0.3) is 0 Å². The van der Waals surface area contributed by atoms with E-state index >= 15 is 0 Å². The van der Waals surface area contributed by atoms with Crippen molar-refractivity contribution in [3.8, 4) is 0 Å². The fourth-order valence-electron chi connectivity index (χ4n) is 2.33. The van der Waals surface area contributed by atoms with Crippen molar-refractivity contribution in [1.82, 2.24) is 15.2 Å². The summed E-state index contributed by atoms with van der Waals surface area (Å²) in [6.07, 6.45) is 0.881. The summed E-state index contributed by atoms with van der Waals surface area (Å²) in [4.78, 5) is 18.1. The molecule has 1 saturated heterocycles. The average molecular weight is 287 g/mol. The van der Waals surface area contributed by atoms with Crippen molar-refractivity contribution < 1.29 is 4.79 Å². The van der Waals surface area contributed by atoms with Gasteiger partial charge in [0.15, 0.2) is 0 Å².